The van der Waals surface area contributed by atoms with Crippen molar-refractivity contribution in [2.24, 2.45) is 0 Å². The zero-order valence-corrected chi connectivity index (χ0v) is 19.4. The Labute approximate surface area is 197 Å². The molecular formula is C24H19BrN4O2S. The fraction of sp³-hybridized carbons (Fsp3) is 0.167. The van der Waals surface area contributed by atoms with Gasteiger partial charge in [0.05, 0.1) is 0 Å². The fourth-order valence-corrected chi connectivity index (χ4v) is 5.11. The van der Waals surface area contributed by atoms with Crippen molar-refractivity contribution < 1.29 is 9.59 Å². The number of likely N-dealkylation sites (tertiary alicyclic amines) is 1. The Morgan fingerprint density at radius 2 is 1.84 bits per heavy atom. The molecule has 1 aliphatic rings. The molecule has 1 N–H and O–H groups in total. The van der Waals surface area contributed by atoms with Gasteiger partial charge in [-0.2, -0.15) is 0 Å². The lowest BCUT2D eigenvalue weighted by Gasteiger charge is -2.23. The molecule has 3 aromatic carbocycles. The van der Waals surface area contributed by atoms with Gasteiger partial charge in [0.25, 0.3) is 5.91 Å². The van der Waals surface area contributed by atoms with E-state index in [0.29, 0.717) is 23.7 Å². The number of nitrogens with one attached hydrogen (secondary N) is 1. The molecule has 1 aromatic heterocycles. The molecule has 1 fully saturated rings. The van der Waals surface area contributed by atoms with Crippen LogP contribution in [-0.2, 0) is 4.79 Å². The van der Waals surface area contributed by atoms with Gasteiger partial charge >= 0.3 is 0 Å². The number of carbonyl (C=O) groups is 2. The molecule has 6 nitrogen and oxygen atoms in total. The second kappa shape index (κ2) is 8.80. The first-order valence-electron chi connectivity index (χ1n) is 10.3. The van der Waals surface area contributed by atoms with E-state index in [-0.39, 0.29) is 11.8 Å². The second-order valence-corrected chi connectivity index (χ2v) is 9.52. The van der Waals surface area contributed by atoms with E-state index in [1.165, 1.54) is 11.3 Å². The summed E-state index contributed by atoms with van der Waals surface area (Å²) in [4.78, 5) is 27.9. The number of nitrogens with zero attached hydrogens (tertiary/aromatic N) is 3. The number of rotatable bonds is 4. The monoisotopic (exact) mass is 506 g/mol. The molecule has 32 heavy (non-hydrogen) atoms. The Kier molecular flexibility index (Phi) is 5.71. The van der Waals surface area contributed by atoms with E-state index in [4.69, 9.17) is 0 Å². The maximum Gasteiger partial charge on any atom is 0.254 e. The number of fused-ring (bicyclic) bond motifs is 1. The van der Waals surface area contributed by atoms with Gasteiger partial charge in [0.2, 0.25) is 11.0 Å². The maximum atomic E-state index is 13.2. The topological polar surface area (TPSA) is 75.2 Å². The first kappa shape index (κ1) is 20.8. The van der Waals surface area contributed by atoms with Crippen LogP contribution in [0, 0.1) is 0 Å². The van der Waals surface area contributed by atoms with Crippen molar-refractivity contribution in [1.82, 2.24) is 15.1 Å². The van der Waals surface area contributed by atoms with Crippen LogP contribution in [0.15, 0.2) is 71.2 Å². The van der Waals surface area contributed by atoms with E-state index < -0.39 is 6.04 Å². The number of amides is 2. The molecule has 5 rings (SSSR count). The average Bonchev–Trinajstić information content (AvgIpc) is 3.48. The van der Waals surface area contributed by atoms with Crippen LogP contribution < -0.4 is 5.32 Å². The number of carbonyl (C=O) groups excluding carboxylic acids is 2. The molecule has 0 bridgehead atoms. The van der Waals surface area contributed by atoms with Gasteiger partial charge in [0.15, 0.2) is 0 Å². The molecule has 0 radical (unpaired) electrons. The van der Waals surface area contributed by atoms with Crippen molar-refractivity contribution in [1.29, 1.82) is 0 Å². The first-order chi connectivity index (χ1) is 15.6. The molecule has 0 spiro atoms. The standard InChI is InChI=1S/C24H19BrN4O2S/c25-19-8-3-7-17(14-19)22-27-28-24(32-22)26-21(30)20-9-4-12-29(20)23(31)18-11-10-15-5-1-2-6-16(15)13-18/h1-3,5-8,10-11,13-14,20H,4,9,12H2,(H,26,28,30)/t20-/m0/s1. The van der Waals surface area contributed by atoms with Crippen LogP contribution in [-0.4, -0.2) is 39.5 Å². The minimum atomic E-state index is -0.521. The van der Waals surface area contributed by atoms with Crippen molar-refractivity contribution in [3.63, 3.8) is 0 Å². The van der Waals surface area contributed by atoms with Crippen LogP contribution in [0.3, 0.4) is 0 Å². The third-order valence-electron chi connectivity index (χ3n) is 5.54. The van der Waals surface area contributed by atoms with Gasteiger partial charge in [-0.15, -0.1) is 10.2 Å². The maximum absolute atomic E-state index is 13.2. The largest absolute Gasteiger partial charge is 0.327 e. The zero-order valence-electron chi connectivity index (χ0n) is 17.0. The SMILES string of the molecule is O=C(Nc1nnc(-c2cccc(Br)c2)s1)[C@@H]1CCCN1C(=O)c1ccc2ccccc2c1. The van der Waals surface area contributed by atoms with Gasteiger partial charge in [-0.1, -0.05) is 69.7 Å². The predicted molar refractivity (Wildman–Crippen MR) is 130 cm³/mol. The van der Waals surface area contributed by atoms with Crippen LogP contribution in [0.5, 0.6) is 0 Å². The summed E-state index contributed by atoms with van der Waals surface area (Å²) in [7, 11) is 0. The molecule has 2 heterocycles. The molecule has 160 valence electrons. The highest BCUT2D eigenvalue weighted by Crippen LogP contribution is 2.29. The van der Waals surface area contributed by atoms with Crippen molar-refractivity contribution in [3.05, 3.63) is 76.8 Å². The number of anilines is 1. The molecule has 1 saturated heterocycles. The second-order valence-electron chi connectivity index (χ2n) is 7.63. The van der Waals surface area contributed by atoms with Crippen LogP contribution >= 0.6 is 27.3 Å². The van der Waals surface area contributed by atoms with Gasteiger partial charge in [-0.25, -0.2) is 0 Å². The van der Waals surface area contributed by atoms with Crippen molar-refractivity contribution in [2.75, 3.05) is 11.9 Å². The van der Waals surface area contributed by atoms with Crippen LogP contribution in [0.4, 0.5) is 5.13 Å². The third-order valence-corrected chi connectivity index (χ3v) is 6.92. The average molecular weight is 507 g/mol. The molecule has 1 atom stereocenters. The Hall–Kier alpha value is -3.10. The molecule has 8 heteroatoms. The van der Waals surface area contributed by atoms with Gasteiger partial charge in [-0.3, -0.25) is 14.9 Å². The molecule has 4 aromatic rings. The predicted octanol–water partition coefficient (Wildman–Crippen LogP) is 5.36. The van der Waals surface area contributed by atoms with E-state index in [2.05, 4.69) is 31.4 Å². The Morgan fingerprint density at radius 3 is 2.69 bits per heavy atom. The van der Waals surface area contributed by atoms with E-state index in [0.717, 1.165) is 32.2 Å². The van der Waals surface area contributed by atoms with E-state index in [1.54, 1.807) is 4.90 Å². The first-order valence-corrected chi connectivity index (χ1v) is 11.9. The van der Waals surface area contributed by atoms with Crippen LogP contribution in [0.1, 0.15) is 23.2 Å². The summed E-state index contributed by atoms with van der Waals surface area (Å²) in [5.74, 6) is -0.353. The summed E-state index contributed by atoms with van der Waals surface area (Å²) in [6.07, 6.45) is 1.42. The van der Waals surface area contributed by atoms with Gasteiger partial charge in [0.1, 0.15) is 11.0 Å². The normalized spacial score (nSPS) is 15.8. The summed E-state index contributed by atoms with van der Waals surface area (Å²) in [5, 5.41) is 14.4. The number of halogens is 1. The number of hydrogen-bond acceptors (Lipinski definition) is 5. The minimum absolute atomic E-state index is 0.125. The van der Waals surface area contributed by atoms with Crippen molar-refractivity contribution >= 4 is 55.0 Å². The van der Waals surface area contributed by atoms with E-state index in [9.17, 15) is 9.59 Å². The number of benzene rings is 3. The number of aromatic nitrogens is 2. The summed E-state index contributed by atoms with van der Waals surface area (Å²) in [5.41, 5.74) is 1.52. The minimum Gasteiger partial charge on any atom is -0.327 e. The molecule has 0 aliphatic carbocycles. The molecule has 2 amide bonds. The highest BCUT2D eigenvalue weighted by molar-refractivity contribution is 9.10. The van der Waals surface area contributed by atoms with Crippen molar-refractivity contribution in [3.8, 4) is 10.6 Å². The van der Waals surface area contributed by atoms with Crippen LogP contribution in [0.2, 0.25) is 0 Å². The lowest BCUT2D eigenvalue weighted by molar-refractivity contribution is -0.119. The van der Waals surface area contributed by atoms with Gasteiger partial charge in [-0.05, 0) is 47.9 Å². The summed E-state index contributed by atoms with van der Waals surface area (Å²) < 4.78 is 0.949. The summed E-state index contributed by atoms with van der Waals surface area (Å²) >= 11 is 4.76. The fourth-order valence-electron chi connectivity index (χ4n) is 3.97. The lowest BCUT2D eigenvalue weighted by atomic mass is 10.1. The summed E-state index contributed by atoms with van der Waals surface area (Å²) in [6, 6.07) is 20.8. The van der Waals surface area contributed by atoms with E-state index >= 15 is 0 Å². The molecular weight excluding hydrogens is 488 g/mol. The smallest absolute Gasteiger partial charge is 0.254 e. The number of hydrogen-bond donors (Lipinski definition) is 1. The Balaban J connectivity index is 1.32. The van der Waals surface area contributed by atoms with Gasteiger partial charge in [0, 0.05) is 22.1 Å². The Bertz CT molecular complexity index is 1320. The molecule has 0 unspecified atom stereocenters. The quantitative estimate of drug-likeness (QED) is 0.404. The lowest BCUT2D eigenvalue weighted by Crippen LogP contribution is -2.43. The van der Waals surface area contributed by atoms with E-state index in [1.807, 2.05) is 66.7 Å². The molecule has 1 aliphatic heterocycles. The highest BCUT2D eigenvalue weighted by atomic mass is 79.9. The highest BCUT2D eigenvalue weighted by Gasteiger charge is 2.35. The van der Waals surface area contributed by atoms with Crippen LogP contribution in [0.25, 0.3) is 21.3 Å². The van der Waals surface area contributed by atoms with Crippen molar-refractivity contribution in [2.45, 2.75) is 18.9 Å². The Morgan fingerprint density at radius 1 is 1.00 bits per heavy atom. The zero-order chi connectivity index (χ0) is 22.1. The summed E-state index contributed by atoms with van der Waals surface area (Å²) in [6.45, 7) is 0.559. The van der Waals surface area contributed by atoms with Gasteiger partial charge < -0.3 is 4.90 Å². The third kappa shape index (κ3) is 4.16. The molecule has 0 saturated carbocycles.